The van der Waals surface area contributed by atoms with Gasteiger partial charge in [0, 0.05) is 16.6 Å². The molecular weight excluding hydrogens is 352 g/mol. The van der Waals surface area contributed by atoms with Crippen LogP contribution in [0.25, 0.3) is 0 Å². The maximum Gasteiger partial charge on any atom is 0.242 e. The molecular formula is C15H25BrN2O2S. The van der Waals surface area contributed by atoms with E-state index in [1.807, 2.05) is 40.0 Å². The predicted octanol–water partition coefficient (Wildman–Crippen LogP) is 3.42. The van der Waals surface area contributed by atoms with Gasteiger partial charge in [0.25, 0.3) is 0 Å². The maximum atomic E-state index is 12.7. The Bertz CT molecular complexity index is 561. The number of rotatable bonds is 8. The van der Waals surface area contributed by atoms with Crippen LogP contribution >= 0.6 is 15.9 Å². The van der Waals surface area contributed by atoms with Crippen molar-refractivity contribution < 1.29 is 8.42 Å². The van der Waals surface area contributed by atoms with Crippen LogP contribution in [0.5, 0.6) is 0 Å². The van der Waals surface area contributed by atoms with E-state index in [0.29, 0.717) is 15.9 Å². The van der Waals surface area contributed by atoms with Crippen LogP contribution in [0.1, 0.15) is 45.6 Å². The molecule has 0 spiro atoms. The highest BCUT2D eigenvalue weighted by molar-refractivity contribution is 9.10. The number of benzene rings is 1. The fourth-order valence-corrected chi connectivity index (χ4v) is 5.12. The zero-order valence-electron chi connectivity index (χ0n) is 13.2. The molecule has 4 nitrogen and oxygen atoms in total. The Morgan fingerprint density at radius 1 is 1.14 bits per heavy atom. The second kappa shape index (κ2) is 7.72. The highest BCUT2D eigenvalue weighted by Crippen LogP contribution is 2.27. The van der Waals surface area contributed by atoms with Crippen LogP contribution in [0.3, 0.4) is 0 Å². The lowest BCUT2D eigenvalue weighted by atomic mass is 9.91. The zero-order valence-corrected chi connectivity index (χ0v) is 15.6. The van der Waals surface area contributed by atoms with Crippen LogP contribution in [-0.4, -0.2) is 21.0 Å². The Morgan fingerprint density at radius 2 is 1.71 bits per heavy atom. The molecule has 2 N–H and O–H groups in total. The van der Waals surface area contributed by atoms with Gasteiger partial charge < -0.3 is 5.32 Å². The van der Waals surface area contributed by atoms with Crippen molar-refractivity contribution in [3.63, 3.8) is 0 Å². The van der Waals surface area contributed by atoms with E-state index in [0.717, 1.165) is 24.8 Å². The molecule has 1 rings (SSSR count). The highest BCUT2D eigenvalue weighted by Gasteiger charge is 2.31. The van der Waals surface area contributed by atoms with E-state index in [1.54, 1.807) is 6.07 Å². The normalized spacial score (nSPS) is 12.6. The topological polar surface area (TPSA) is 58.2 Å². The third kappa shape index (κ3) is 4.52. The summed E-state index contributed by atoms with van der Waals surface area (Å²) in [5, 5.41) is 3.05. The van der Waals surface area contributed by atoms with Gasteiger partial charge >= 0.3 is 0 Å². The van der Waals surface area contributed by atoms with Crippen molar-refractivity contribution in [1.82, 2.24) is 10.0 Å². The van der Waals surface area contributed by atoms with Gasteiger partial charge in [-0.3, -0.25) is 0 Å². The van der Waals surface area contributed by atoms with Gasteiger partial charge in [0.05, 0.1) is 4.90 Å². The molecule has 0 aliphatic rings. The summed E-state index contributed by atoms with van der Waals surface area (Å²) >= 11 is 3.38. The lowest BCUT2D eigenvalue weighted by Crippen LogP contribution is -2.47. The number of hydrogen-bond acceptors (Lipinski definition) is 3. The summed E-state index contributed by atoms with van der Waals surface area (Å²) < 4.78 is 28.8. The van der Waals surface area contributed by atoms with Gasteiger partial charge in [-0.25, -0.2) is 13.1 Å². The van der Waals surface area contributed by atoms with E-state index in [9.17, 15) is 8.42 Å². The first-order chi connectivity index (χ1) is 9.84. The first-order valence-electron chi connectivity index (χ1n) is 7.31. The fourth-order valence-electron chi connectivity index (χ4n) is 2.38. The third-order valence-electron chi connectivity index (χ3n) is 4.05. The van der Waals surface area contributed by atoms with Crippen LogP contribution in [-0.2, 0) is 16.6 Å². The van der Waals surface area contributed by atoms with Crippen LogP contribution in [0.2, 0.25) is 0 Å². The van der Waals surface area contributed by atoms with E-state index in [1.165, 1.54) is 0 Å². The smallest absolute Gasteiger partial charge is 0.242 e. The van der Waals surface area contributed by atoms with Crippen molar-refractivity contribution in [2.45, 2.75) is 57.0 Å². The summed E-state index contributed by atoms with van der Waals surface area (Å²) in [6.07, 6.45) is 2.32. The van der Waals surface area contributed by atoms with Crippen molar-refractivity contribution in [2.24, 2.45) is 0 Å². The lowest BCUT2D eigenvalue weighted by Gasteiger charge is -2.31. The van der Waals surface area contributed by atoms with Crippen LogP contribution in [0, 0.1) is 0 Å². The van der Waals surface area contributed by atoms with E-state index in [2.05, 4.69) is 26.0 Å². The van der Waals surface area contributed by atoms with Gasteiger partial charge in [0.15, 0.2) is 0 Å². The molecule has 6 heteroatoms. The Morgan fingerprint density at radius 3 is 2.14 bits per heavy atom. The Labute approximate surface area is 136 Å². The largest absolute Gasteiger partial charge is 0.316 e. The average molecular weight is 377 g/mol. The summed E-state index contributed by atoms with van der Waals surface area (Å²) in [7, 11) is -1.67. The summed E-state index contributed by atoms with van der Waals surface area (Å²) in [6, 6.07) is 5.34. The molecule has 1 aromatic carbocycles. The third-order valence-corrected chi connectivity index (χ3v) is 6.60. The van der Waals surface area contributed by atoms with Crippen molar-refractivity contribution in [1.29, 1.82) is 0 Å². The van der Waals surface area contributed by atoms with Crippen LogP contribution < -0.4 is 10.0 Å². The average Bonchev–Trinajstić information content (AvgIpc) is 2.45. The van der Waals surface area contributed by atoms with Crippen LogP contribution in [0.4, 0.5) is 0 Å². The molecule has 0 saturated carbocycles. The lowest BCUT2D eigenvalue weighted by molar-refractivity contribution is 0.341. The molecule has 0 fully saturated rings. The van der Waals surface area contributed by atoms with Crippen molar-refractivity contribution >= 4 is 26.0 Å². The quantitative estimate of drug-likeness (QED) is 0.730. The predicted molar refractivity (Wildman–Crippen MR) is 90.8 cm³/mol. The van der Waals surface area contributed by atoms with Gasteiger partial charge in [-0.15, -0.1) is 0 Å². The number of hydrogen-bond donors (Lipinski definition) is 2. The monoisotopic (exact) mass is 376 g/mol. The molecule has 0 atom stereocenters. The summed E-state index contributed by atoms with van der Waals surface area (Å²) in [6.45, 7) is 6.75. The summed E-state index contributed by atoms with van der Waals surface area (Å²) in [4.78, 5) is 0.294. The molecule has 0 amide bonds. The number of nitrogens with one attached hydrogen (secondary N) is 2. The fraction of sp³-hybridized carbons (Fsp3) is 0.600. The molecule has 0 heterocycles. The Balaban J connectivity index is 3.13. The molecule has 0 radical (unpaired) electrons. The van der Waals surface area contributed by atoms with E-state index < -0.39 is 10.0 Å². The number of halogens is 1. The molecule has 0 aliphatic carbocycles. The molecule has 0 bridgehead atoms. The first kappa shape index (κ1) is 18.6. The maximum absolute atomic E-state index is 12.7. The molecule has 21 heavy (non-hydrogen) atoms. The molecule has 120 valence electrons. The van der Waals surface area contributed by atoms with E-state index >= 15 is 0 Å². The molecule has 0 aromatic heterocycles. The molecule has 0 unspecified atom stereocenters. The SMILES string of the molecule is CCC(CC)(CC)NS(=O)(=O)c1ccc(CNC)cc1Br. The van der Waals surface area contributed by atoms with Crippen molar-refractivity contribution in [3.8, 4) is 0 Å². The Kier molecular flexibility index (Phi) is 6.84. The zero-order chi connectivity index (χ0) is 16.1. The molecule has 0 aliphatic heterocycles. The Hall–Kier alpha value is -0.430. The van der Waals surface area contributed by atoms with Gasteiger partial charge in [-0.2, -0.15) is 0 Å². The minimum absolute atomic E-state index is 0.294. The first-order valence-corrected chi connectivity index (χ1v) is 9.58. The number of sulfonamides is 1. The minimum atomic E-state index is -3.53. The van der Waals surface area contributed by atoms with Crippen molar-refractivity contribution in [3.05, 3.63) is 28.2 Å². The second-order valence-corrected chi connectivity index (χ2v) is 7.75. The van der Waals surface area contributed by atoms with Gasteiger partial charge in [0.2, 0.25) is 10.0 Å². The van der Waals surface area contributed by atoms with Gasteiger partial charge in [0.1, 0.15) is 0 Å². The standard InChI is InChI=1S/C15H25BrN2O2S/c1-5-15(6-2,7-3)18-21(19,20)14-9-8-12(11-17-4)10-13(14)16/h8-10,17-18H,5-7,11H2,1-4H3. The van der Waals surface area contributed by atoms with E-state index in [4.69, 9.17) is 0 Å². The molecule has 1 aromatic rings. The van der Waals surface area contributed by atoms with Gasteiger partial charge in [-0.1, -0.05) is 26.8 Å². The van der Waals surface area contributed by atoms with E-state index in [-0.39, 0.29) is 5.54 Å². The molecule has 0 saturated heterocycles. The van der Waals surface area contributed by atoms with Gasteiger partial charge in [-0.05, 0) is 59.9 Å². The summed E-state index contributed by atoms with van der Waals surface area (Å²) in [5.74, 6) is 0. The minimum Gasteiger partial charge on any atom is -0.316 e. The second-order valence-electron chi connectivity index (χ2n) is 5.24. The van der Waals surface area contributed by atoms with Crippen molar-refractivity contribution in [2.75, 3.05) is 7.05 Å². The highest BCUT2D eigenvalue weighted by atomic mass is 79.9. The summed E-state index contributed by atoms with van der Waals surface area (Å²) in [5.41, 5.74) is 0.665. The van der Waals surface area contributed by atoms with Crippen LogP contribution in [0.15, 0.2) is 27.6 Å².